The fourth-order valence-electron chi connectivity index (χ4n) is 1.75. The van der Waals surface area contributed by atoms with Gasteiger partial charge in [0.05, 0.1) is 30.1 Å². The van der Waals surface area contributed by atoms with E-state index in [1.807, 2.05) is 6.92 Å². The Morgan fingerprint density at radius 2 is 2.17 bits per heavy atom. The van der Waals surface area contributed by atoms with Crippen molar-refractivity contribution >= 4 is 34.0 Å². The van der Waals surface area contributed by atoms with E-state index in [2.05, 4.69) is 31.8 Å². The lowest BCUT2D eigenvalue weighted by atomic mass is 10.2. The first-order chi connectivity index (χ1) is 11.6. The molecule has 0 spiro atoms. The molecule has 1 aromatic carbocycles. The molecule has 126 valence electrons. The predicted octanol–water partition coefficient (Wildman–Crippen LogP) is 2.21. The molecule has 8 heteroatoms. The third-order valence-electron chi connectivity index (χ3n) is 2.84. The van der Waals surface area contributed by atoms with Gasteiger partial charge >= 0.3 is 11.8 Å². The molecule has 0 aliphatic carbocycles. The van der Waals surface area contributed by atoms with Crippen LogP contribution in [0.1, 0.15) is 18.2 Å². The molecule has 7 nitrogen and oxygen atoms in total. The molecule has 0 atom stereocenters. The highest BCUT2D eigenvalue weighted by molar-refractivity contribution is 9.10. The van der Waals surface area contributed by atoms with E-state index in [0.717, 1.165) is 15.8 Å². The maximum Gasteiger partial charge on any atom is 0.329 e. The number of nitrogens with zero attached hydrogens (tertiary/aromatic N) is 1. The van der Waals surface area contributed by atoms with Gasteiger partial charge in [-0.25, -0.2) is 5.43 Å². The minimum absolute atomic E-state index is 0.134. The van der Waals surface area contributed by atoms with Gasteiger partial charge in [0.25, 0.3) is 0 Å². The number of carbonyl (C=O) groups excluding carboxylic acids is 2. The molecule has 0 radical (unpaired) electrons. The Morgan fingerprint density at radius 3 is 2.83 bits per heavy atom. The second-order valence-electron chi connectivity index (χ2n) is 4.58. The van der Waals surface area contributed by atoms with E-state index in [9.17, 15) is 9.59 Å². The third kappa shape index (κ3) is 5.24. The summed E-state index contributed by atoms with van der Waals surface area (Å²) in [6.07, 6.45) is 2.92. The highest BCUT2D eigenvalue weighted by atomic mass is 79.9. The standard InChI is InChI=1S/C16H16BrN3O4/c1-2-23-14-6-5-11(8-13(14)17)9-19-20-16(22)15(21)18-10-12-4-3-7-24-12/h3-9H,2,10H2,1H3,(H,18,21)(H,20,22)/b19-9-. The molecule has 2 rings (SSSR count). The summed E-state index contributed by atoms with van der Waals surface area (Å²) in [5.41, 5.74) is 2.90. The molecule has 2 aromatic rings. The first-order valence-electron chi connectivity index (χ1n) is 7.16. The number of rotatable bonds is 6. The number of furan rings is 1. The van der Waals surface area contributed by atoms with Crippen molar-refractivity contribution in [3.8, 4) is 5.75 Å². The van der Waals surface area contributed by atoms with Gasteiger partial charge in [0.2, 0.25) is 0 Å². The minimum Gasteiger partial charge on any atom is -0.493 e. The van der Waals surface area contributed by atoms with Gasteiger partial charge in [-0.15, -0.1) is 0 Å². The molecular weight excluding hydrogens is 378 g/mol. The van der Waals surface area contributed by atoms with Crippen LogP contribution in [0.25, 0.3) is 0 Å². The Bertz CT molecular complexity index is 729. The van der Waals surface area contributed by atoms with Crippen molar-refractivity contribution in [1.82, 2.24) is 10.7 Å². The van der Waals surface area contributed by atoms with Crippen LogP contribution >= 0.6 is 15.9 Å². The van der Waals surface area contributed by atoms with Crippen LogP contribution in [-0.4, -0.2) is 24.6 Å². The number of hydrazone groups is 1. The van der Waals surface area contributed by atoms with Crippen molar-refractivity contribution < 1.29 is 18.7 Å². The van der Waals surface area contributed by atoms with Crippen LogP contribution in [0, 0.1) is 0 Å². The van der Waals surface area contributed by atoms with E-state index < -0.39 is 11.8 Å². The van der Waals surface area contributed by atoms with Crippen LogP contribution < -0.4 is 15.5 Å². The molecular formula is C16H16BrN3O4. The lowest BCUT2D eigenvalue weighted by molar-refractivity contribution is -0.139. The Hall–Kier alpha value is -2.61. The summed E-state index contributed by atoms with van der Waals surface area (Å²) >= 11 is 3.38. The van der Waals surface area contributed by atoms with Crippen LogP contribution in [0.5, 0.6) is 5.75 Å². The number of nitrogens with one attached hydrogen (secondary N) is 2. The highest BCUT2D eigenvalue weighted by Crippen LogP contribution is 2.25. The van der Waals surface area contributed by atoms with Crippen LogP contribution in [0.15, 0.2) is 50.6 Å². The average Bonchev–Trinajstić information content (AvgIpc) is 3.08. The van der Waals surface area contributed by atoms with Gasteiger partial charge in [-0.05, 0) is 58.7 Å². The lowest BCUT2D eigenvalue weighted by Gasteiger charge is -2.05. The summed E-state index contributed by atoms with van der Waals surface area (Å²) in [5.74, 6) is -0.380. The summed E-state index contributed by atoms with van der Waals surface area (Å²) in [5, 5.41) is 6.18. The highest BCUT2D eigenvalue weighted by Gasteiger charge is 2.12. The zero-order chi connectivity index (χ0) is 17.4. The van der Waals surface area contributed by atoms with Gasteiger partial charge in [-0.3, -0.25) is 9.59 Å². The first kappa shape index (κ1) is 17.7. The molecule has 24 heavy (non-hydrogen) atoms. The maximum atomic E-state index is 11.6. The predicted molar refractivity (Wildman–Crippen MR) is 91.6 cm³/mol. The molecule has 0 aliphatic rings. The van der Waals surface area contributed by atoms with Crippen molar-refractivity contribution in [3.63, 3.8) is 0 Å². The Labute approximate surface area is 147 Å². The zero-order valence-corrected chi connectivity index (χ0v) is 14.5. The monoisotopic (exact) mass is 393 g/mol. The van der Waals surface area contributed by atoms with E-state index in [-0.39, 0.29) is 6.54 Å². The Kier molecular flexibility index (Phi) is 6.56. The summed E-state index contributed by atoms with van der Waals surface area (Å²) < 4.78 is 11.2. The SMILES string of the molecule is CCOc1ccc(/C=N\NC(=O)C(=O)NCc2ccco2)cc1Br. The van der Waals surface area contributed by atoms with Crippen molar-refractivity contribution in [3.05, 3.63) is 52.4 Å². The minimum atomic E-state index is -0.859. The number of carbonyl (C=O) groups is 2. The molecule has 0 saturated carbocycles. The van der Waals surface area contributed by atoms with Gasteiger partial charge in [-0.1, -0.05) is 0 Å². The van der Waals surface area contributed by atoms with Crippen molar-refractivity contribution in [2.24, 2.45) is 5.10 Å². The van der Waals surface area contributed by atoms with Gasteiger partial charge in [-0.2, -0.15) is 5.10 Å². The average molecular weight is 394 g/mol. The van der Waals surface area contributed by atoms with Crippen LogP contribution in [-0.2, 0) is 16.1 Å². The fraction of sp³-hybridized carbons (Fsp3) is 0.188. The number of hydrogen-bond acceptors (Lipinski definition) is 5. The largest absolute Gasteiger partial charge is 0.493 e. The van der Waals surface area contributed by atoms with Gasteiger partial charge in [0.1, 0.15) is 11.5 Å². The fourth-order valence-corrected chi connectivity index (χ4v) is 2.26. The Morgan fingerprint density at radius 1 is 1.33 bits per heavy atom. The number of halogens is 1. The molecule has 2 amide bonds. The molecule has 0 saturated heterocycles. The number of ether oxygens (including phenoxy) is 1. The molecule has 0 fully saturated rings. The number of benzene rings is 1. The van der Waals surface area contributed by atoms with E-state index in [1.165, 1.54) is 12.5 Å². The van der Waals surface area contributed by atoms with Gasteiger partial charge in [0.15, 0.2) is 0 Å². The van der Waals surface area contributed by atoms with Crippen LogP contribution in [0.2, 0.25) is 0 Å². The maximum absolute atomic E-state index is 11.6. The molecule has 0 aliphatic heterocycles. The normalized spacial score (nSPS) is 10.6. The van der Waals surface area contributed by atoms with Crippen molar-refractivity contribution in [1.29, 1.82) is 0 Å². The molecule has 1 aromatic heterocycles. The van der Waals surface area contributed by atoms with Gasteiger partial charge in [0, 0.05) is 0 Å². The summed E-state index contributed by atoms with van der Waals surface area (Å²) in [6, 6.07) is 8.74. The number of amides is 2. The van der Waals surface area contributed by atoms with E-state index in [0.29, 0.717) is 12.4 Å². The summed E-state index contributed by atoms with van der Waals surface area (Å²) in [6.45, 7) is 2.60. The summed E-state index contributed by atoms with van der Waals surface area (Å²) in [4.78, 5) is 23.2. The number of hydrogen-bond donors (Lipinski definition) is 2. The van der Waals surface area contributed by atoms with E-state index in [4.69, 9.17) is 9.15 Å². The van der Waals surface area contributed by atoms with E-state index >= 15 is 0 Å². The molecule has 0 bridgehead atoms. The van der Waals surface area contributed by atoms with Crippen molar-refractivity contribution in [2.75, 3.05) is 6.61 Å². The van der Waals surface area contributed by atoms with Crippen LogP contribution in [0.4, 0.5) is 0 Å². The quantitative estimate of drug-likeness (QED) is 0.446. The molecule has 1 heterocycles. The Balaban J connectivity index is 1.83. The van der Waals surface area contributed by atoms with Crippen LogP contribution in [0.3, 0.4) is 0 Å². The van der Waals surface area contributed by atoms with Gasteiger partial charge < -0.3 is 14.5 Å². The molecule has 0 unspecified atom stereocenters. The smallest absolute Gasteiger partial charge is 0.329 e. The summed E-state index contributed by atoms with van der Waals surface area (Å²) in [7, 11) is 0. The van der Waals surface area contributed by atoms with Crippen molar-refractivity contribution in [2.45, 2.75) is 13.5 Å². The second-order valence-corrected chi connectivity index (χ2v) is 5.44. The zero-order valence-electron chi connectivity index (χ0n) is 12.9. The second kappa shape index (κ2) is 8.88. The first-order valence-corrected chi connectivity index (χ1v) is 7.95. The topological polar surface area (TPSA) is 92.9 Å². The van der Waals surface area contributed by atoms with E-state index in [1.54, 1.807) is 30.3 Å². The third-order valence-corrected chi connectivity index (χ3v) is 3.46. The molecule has 2 N–H and O–H groups in total. The lowest BCUT2D eigenvalue weighted by Crippen LogP contribution is -2.37.